The second-order valence-electron chi connectivity index (χ2n) is 3.75. The lowest BCUT2D eigenvalue weighted by Crippen LogP contribution is -2.26. The Bertz CT molecular complexity index is 300. The van der Waals surface area contributed by atoms with Crippen molar-refractivity contribution < 1.29 is 0 Å². The minimum atomic E-state index is -0.190. The van der Waals surface area contributed by atoms with Crippen molar-refractivity contribution in [1.82, 2.24) is 5.32 Å². The van der Waals surface area contributed by atoms with Crippen molar-refractivity contribution in [3.8, 4) is 0 Å². The zero-order chi connectivity index (χ0) is 9.31. The maximum atomic E-state index is 4.52. The van der Waals surface area contributed by atoms with Crippen molar-refractivity contribution in [1.29, 1.82) is 0 Å². The Morgan fingerprint density at radius 2 is 2.38 bits per heavy atom. The molecule has 2 nitrogen and oxygen atoms in total. The Morgan fingerprint density at radius 1 is 1.54 bits per heavy atom. The number of nitrogens with zero attached hydrogens (tertiary/aromatic N) is 1. The summed E-state index contributed by atoms with van der Waals surface area (Å²) in [6, 6.07) is 0. The minimum absolute atomic E-state index is 0.190. The second kappa shape index (κ2) is 3.31. The predicted molar refractivity (Wildman–Crippen MR) is 59.5 cm³/mol. The summed E-state index contributed by atoms with van der Waals surface area (Å²) >= 11 is 4.52. The van der Waals surface area contributed by atoms with Gasteiger partial charge in [0, 0.05) is 19.0 Å². The molecule has 13 heavy (non-hydrogen) atoms. The molecule has 2 aliphatic heterocycles. The van der Waals surface area contributed by atoms with Crippen LogP contribution in [-0.2, 0) is 0 Å². The summed E-state index contributed by atoms with van der Waals surface area (Å²) in [5.74, 6) is 0. The highest BCUT2D eigenvalue weighted by Gasteiger charge is 2.19. The van der Waals surface area contributed by atoms with E-state index in [9.17, 15) is 0 Å². The first-order chi connectivity index (χ1) is 6.17. The van der Waals surface area contributed by atoms with E-state index in [2.05, 4.69) is 35.9 Å². The first-order valence-corrected chi connectivity index (χ1v) is 5.01. The number of aliphatic imine (C=N–C) groups is 1. The van der Waals surface area contributed by atoms with Crippen LogP contribution in [0.5, 0.6) is 0 Å². The molecule has 2 rings (SSSR count). The molecule has 2 heterocycles. The summed E-state index contributed by atoms with van der Waals surface area (Å²) in [7, 11) is 0. The van der Waals surface area contributed by atoms with Gasteiger partial charge in [-0.1, -0.05) is 6.08 Å². The number of hydrogen-bond acceptors (Lipinski definition) is 3. The van der Waals surface area contributed by atoms with Gasteiger partial charge in [-0.3, -0.25) is 4.99 Å². The Balaban J connectivity index is 2.34. The van der Waals surface area contributed by atoms with E-state index in [4.69, 9.17) is 0 Å². The first-order valence-electron chi connectivity index (χ1n) is 4.56. The lowest BCUT2D eigenvalue weighted by Gasteiger charge is -2.20. The zero-order valence-corrected chi connectivity index (χ0v) is 8.64. The number of thiol groups is 1. The molecule has 0 radical (unpaired) electrons. The van der Waals surface area contributed by atoms with Gasteiger partial charge >= 0.3 is 0 Å². The van der Waals surface area contributed by atoms with Crippen LogP contribution in [0.1, 0.15) is 13.3 Å². The highest BCUT2D eigenvalue weighted by molar-refractivity contribution is 7.82. The van der Waals surface area contributed by atoms with E-state index in [-0.39, 0.29) is 4.75 Å². The van der Waals surface area contributed by atoms with Gasteiger partial charge in [-0.05, 0) is 31.0 Å². The molecule has 0 bridgehead atoms. The molecule has 0 spiro atoms. The summed E-state index contributed by atoms with van der Waals surface area (Å²) in [6.45, 7) is 4.06. The molecule has 1 fully saturated rings. The van der Waals surface area contributed by atoms with Crippen molar-refractivity contribution >= 4 is 18.8 Å². The fraction of sp³-hybridized carbons (Fsp3) is 0.500. The van der Waals surface area contributed by atoms with Gasteiger partial charge in [-0.25, -0.2) is 0 Å². The third-order valence-corrected chi connectivity index (χ3v) is 2.58. The van der Waals surface area contributed by atoms with Gasteiger partial charge < -0.3 is 5.32 Å². The van der Waals surface area contributed by atoms with Crippen LogP contribution in [0.15, 0.2) is 28.4 Å². The molecule has 0 amide bonds. The summed E-state index contributed by atoms with van der Waals surface area (Å²) in [4.78, 5) is 4.25. The SMILES string of the molecule is CC1(S)C=NC=C2CNCCC2=C1. The van der Waals surface area contributed by atoms with E-state index < -0.39 is 0 Å². The fourth-order valence-electron chi connectivity index (χ4n) is 1.68. The third kappa shape index (κ3) is 2.03. The van der Waals surface area contributed by atoms with Crippen LogP contribution >= 0.6 is 12.6 Å². The highest BCUT2D eigenvalue weighted by Crippen LogP contribution is 2.25. The molecule has 0 aromatic heterocycles. The maximum Gasteiger partial charge on any atom is 0.0637 e. The van der Waals surface area contributed by atoms with Crippen molar-refractivity contribution in [2.45, 2.75) is 18.1 Å². The smallest absolute Gasteiger partial charge is 0.0637 e. The molecule has 1 unspecified atom stereocenters. The molecule has 3 heteroatoms. The molecule has 1 N–H and O–H groups in total. The highest BCUT2D eigenvalue weighted by atomic mass is 32.1. The topological polar surface area (TPSA) is 24.4 Å². The molecule has 0 aliphatic carbocycles. The van der Waals surface area contributed by atoms with Crippen molar-refractivity contribution in [2.75, 3.05) is 13.1 Å². The summed E-state index contributed by atoms with van der Waals surface area (Å²) in [5.41, 5.74) is 2.70. The standard InChI is InChI=1S/C10H14N2S/c1-10(13)4-8-2-3-11-5-9(8)6-12-7-10/h4,6-7,11,13H,2-3,5H2,1H3. The number of rotatable bonds is 0. The van der Waals surface area contributed by atoms with E-state index in [1.165, 1.54) is 11.1 Å². The molecule has 70 valence electrons. The van der Waals surface area contributed by atoms with Gasteiger partial charge in [0.15, 0.2) is 0 Å². The number of piperidine rings is 1. The summed E-state index contributed by atoms with van der Waals surface area (Å²) in [5, 5.41) is 3.33. The average molecular weight is 194 g/mol. The van der Waals surface area contributed by atoms with Gasteiger partial charge in [0.05, 0.1) is 4.75 Å². The summed E-state index contributed by atoms with van der Waals surface area (Å²) < 4.78 is -0.190. The van der Waals surface area contributed by atoms with Crippen molar-refractivity contribution in [3.05, 3.63) is 23.4 Å². The molecule has 0 aromatic rings. The van der Waals surface area contributed by atoms with Gasteiger partial charge in [0.25, 0.3) is 0 Å². The first kappa shape index (κ1) is 9.03. The van der Waals surface area contributed by atoms with Crippen LogP contribution in [0.2, 0.25) is 0 Å². The van der Waals surface area contributed by atoms with Crippen LogP contribution in [0.4, 0.5) is 0 Å². The average Bonchev–Trinajstić information content (AvgIpc) is 2.21. The van der Waals surface area contributed by atoms with Crippen molar-refractivity contribution in [3.63, 3.8) is 0 Å². The van der Waals surface area contributed by atoms with Gasteiger partial charge in [0.2, 0.25) is 0 Å². The Morgan fingerprint density at radius 3 is 3.23 bits per heavy atom. The van der Waals surface area contributed by atoms with Gasteiger partial charge in [0.1, 0.15) is 0 Å². The predicted octanol–water partition coefficient (Wildman–Crippen LogP) is 1.56. The van der Waals surface area contributed by atoms with E-state index >= 15 is 0 Å². The Hall–Kier alpha value is -0.540. The Kier molecular flexibility index (Phi) is 2.30. The van der Waals surface area contributed by atoms with Crippen LogP contribution < -0.4 is 5.32 Å². The molecule has 0 aromatic carbocycles. The largest absolute Gasteiger partial charge is 0.312 e. The van der Waals surface area contributed by atoms with Crippen LogP contribution in [0.3, 0.4) is 0 Å². The molecule has 1 saturated heterocycles. The minimum Gasteiger partial charge on any atom is -0.312 e. The number of hydrogen-bond donors (Lipinski definition) is 2. The molecule has 0 saturated carbocycles. The van der Waals surface area contributed by atoms with Crippen molar-refractivity contribution in [2.24, 2.45) is 4.99 Å². The van der Waals surface area contributed by atoms with Crippen LogP contribution in [-0.4, -0.2) is 24.1 Å². The zero-order valence-electron chi connectivity index (χ0n) is 7.75. The third-order valence-electron chi connectivity index (χ3n) is 2.33. The van der Waals surface area contributed by atoms with Gasteiger partial charge in [-0.15, -0.1) is 0 Å². The molecule has 1 atom stereocenters. The van der Waals surface area contributed by atoms with E-state index in [1.54, 1.807) is 0 Å². The quantitative estimate of drug-likeness (QED) is 0.562. The monoisotopic (exact) mass is 194 g/mol. The van der Waals surface area contributed by atoms with E-state index in [0.717, 1.165) is 19.5 Å². The number of nitrogens with one attached hydrogen (secondary N) is 1. The normalized spacial score (nSPS) is 33.1. The molecular weight excluding hydrogens is 180 g/mol. The number of fused-ring (bicyclic) bond motifs is 1. The molecular formula is C10H14N2S. The Labute approximate surface area is 84.2 Å². The van der Waals surface area contributed by atoms with E-state index in [0.29, 0.717) is 0 Å². The van der Waals surface area contributed by atoms with Crippen LogP contribution in [0, 0.1) is 0 Å². The molecule has 2 aliphatic rings. The lowest BCUT2D eigenvalue weighted by molar-refractivity contribution is 0.679. The van der Waals surface area contributed by atoms with Crippen LogP contribution in [0.25, 0.3) is 0 Å². The fourth-order valence-corrected chi connectivity index (χ4v) is 1.90. The summed E-state index contributed by atoms with van der Waals surface area (Å²) in [6.07, 6.45) is 7.12. The second-order valence-corrected chi connectivity index (χ2v) is 4.72. The maximum absolute atomic E-state index is 4.52. The van der Waals surface area contributed by atoms with Gasteiger partial charge in [-0.2, -0.15) is 12.6 Å². The van der Waals surface area contributed by atoms with E-state index in [1.807, 2.05) is 12.4 Å². The lowest BCUT2D eigenvalue weighted by atomic mass is 9.97.